The number of fused-ring (bicyclic) bond motifs is 6. The molecule has 174 valence electrons. The average Bonchev–Trinajstić information content (AvgIpc) is 2.79. The van der Waals surface area contributed by atoms with Gasteiger partial charge in [0.1, 0.15) is 6.10 Å². The van der Waals surface area contributed by atoms with E-state index in [4.69, 9.17) is 14.2 Å². The molecule has 32 heavy (non-hydrogen) atoms. The van der Waals surface area contributed by atoms with Gasteiger partial charge >= 0.3 is 5.97 Å². The van der Waals surface area contributed by atoms with Gasteiger partial charge in [-0.3, -0.25) is 9.69 Å². The number of hydrogen-bond donors (Lipinski definition) is 1. The van der Waals surface area contributed by atoms with E-state index in [1.165, 1.54) is 0 Å². The summed E-state index contributed by atoms with van der Waals surface area (Å²) in [6, 6.07) is 5.55. The standard InChI is InChI=1S/C24H32N2O6/c1-30-21-4-3-14(8-22(21)31-2)24(29)32-18-5-6-25-12-15-7-16(19(25)11-18)13-26-20(15)9-17(27)10-23(26)28/h3-4,8,15-20,27H,5-7,9-13H2,1-2H3/t15-,16-,17+,18+,19+,20-/m1/s1. The largest absolute Gasteiger partial charge is 0.493 e. The van der Waals surface area contributed by atoms with Crippen LogP contribution in [0.2, 0.25) is 0 Å². The molecule has 4 fully saturated rings. The van der Waals surface area contributed by atoms with Crippen LogP contribution < -0.4 is 9.47 Å². The summed E-state index contributed by atoms with van der Waals surface area (Å²) in [7, 11) is 3.10. The van der Waals surface area contributed by atoms with E-state index in [2.05, 4.69) is 4.90 Å². The molecule has 0 aliphatic carbocycles. The Kier molecular flexibility index (Phi) is 5.75. The van der Waals surface area contributed by atoms with E-state index < -0.39 is 6.10 Å². The molecule has 4 saturated heterocycles. The summed E-state index contributed by atoms with van der Waals surface area (Å²) in [5.41, 5.74) is 0.451. The van der Waals surface area contributed by atoms with E-state index in [-0.39, 0.29) is 30.4 Å². The first kappa shape index (κ1) is 21.5. The van der Waals surface area contributed by atoms with Crippen molar-refractivity contribution >= 4 is 11.9 Å². The molecule has 4 heterocycles. The van der Waals surface area contributed by atoms with Crippen molar-refractivity contribution < 1.29 is 28.9 Å². The van der Waals surface area contributed by atoms with Crippen LogP contribution in [0.5, 0.6) is 11.5 Å². The number of piperidine rings is 4. The molecular weight excluding hydrogens is 412 g/mol. The van der Waals surface area contributed by atoms with Gasteiger partial charge in [0.2, 0.25) is 5.91 Å². The van der Waals surface area contributed by atoms with Crippen LogP contribution in [0.3, 0.4) is 0 Å². The average molecular weight is 445 g/mol. The number of carbonyl (C=O) groups excluding carboxylic acids is 2. The van der Waals surface area contributed by atoms with E-state index in [0.29, 0.717) is 41.4 Å². The van der Waals surface area contributed by atoms with Crippen LogP contribution in [0.4, 0.5) is 0 Å². The summed E-state index contributed by atoms with van der Waals surface area (Å²) in [6.07, 6.45) is 3.00. The third-order valence-corrected chi connectivity index (χ3v) is 7.84. The van der Waals surface area contributed by atoms with Gasteiger partial charge in [0.05, 0.1) is 32.3 Å². The molecule has 1 N–H and O–H groups in total. The number of benzene rings is 1. The molecule has 8 nitrogen and oxygen atoms in total. The van der Waals surface area contributed by atoms with Gasteiger partial charge in [-0.05, 0) is 49.3 Å². The molecule has 6 atom stereocenters. The molecule has 1 aromatic rings. The van der Waals surface area contributed by atoms with Crippen molar-refractivity contribution in [2.24, 2.45) is 11.8 Å². The molecule has 0 unspecified atom stereocenters. The smallest absolute Gasteiger partial charge is 0.338 e. The fourth-order valence-electron chi connectivity index (χ4n) is 6.35. The van der Waals surface area contributed by atoms with Crippen molar-refractivity contribution in [2.45, 2.75) is 56.4 Å². The van der Waals surface area contributed by atoms with Crippen LogP contribution in [0.25, 0.3) is 0 Å². The zero-order chi connectivity index (χ0) is 22.4. The topological polar surface area (TPSA) is 88.5 Å². The van der Waals surface area contributed by atoms with Gasteiger partial charge in [0.25, 0.3) is 0 Å². The van der Waals surface area contributed by atoms with E-state index in [1.54, 1.807) is 32.4 Å². The molecule has 0 saturated carbocycles. The maximum absolute atomic E-state index is 12.8. The molecule has 4 aliphatic rings. The number of aliphatic hydroxyl groups excluding tert-OH is 1. The third kappa shape index (κ3) is 3.83. The number of aliphatic hydroxyl groups is 1. The van der Waals surface area contributed by atoms with E-state index in [0.717, 1.165) is 38.9 Å². The SMILES string of the molecule is COc1ccc(C(=O)O[C@H]2CCN3C[C@H]4C[C@H](CN5C(=O)C[C@@H](O)C[C@H]45)[C@@H]3C2)cc1OC. The molecule has 0 spiro atoms. The molecule has 8 heteroatoms. The minimum Gasteiger partial charge on any atom is -0.493 e. The number of methoxy groups -OCH3 is 2. The number of amides is 1. The highest BCUT2D eigenvalue weighted by molar-refractivity contribution is 5.90. The summed E-state index contributed by atoms with van der Waals surface area (Å²) in [4.78, 5) is 29.9. The van der Waals surface area contributed by atoms with Crippen molar-refractivity contribution in [3.8, 4) is 11.5 Å². The minimum atomic E-state index is -0.500. The fraction of sp³-hybridized carbons (Fsp3) is 0.667. The quantitative estimate of drug-likeness (QED) is 0.707. The lowest BCUT2D eigenvalue weighted by molar-refractivity contribution is -0.156. The number of rotatable bonds is 4. The Morgan fingerprint density at radius 3 is 2.59 bits per heavy atom. The Labute approximate surface area is 188 Å². The highest BCUT2D eigenvalue weighted by Gasteiger charge is 2.50. The number of esters is 1. The van der Waals surface area contributed by atoms with Crippen LogP contribution in [-0.2, 0) is 9.53 Å². The number of carbonyl (C=O) groups is 2. The van der Waals surface area contributed by atoms with Gasteiger partial charge in [0, 0.05) is 38.1 Å². The number of nitrogens with zero attached hydrogens (tertiary/aromatic N) is 2. The molecule has 1 amide bonds. The second-order valence-corrected chi connectivity index (χ2v) is 9.65. The summed E-state index contributed by atoms with van der Waals surface area (Å²) in [6.45, 7) is 2.60. The normalized spacial score (nSPS) is 34.3. The van der Waals surface area contributed by atoms with E-state index in [1.807, 2.05) is 4.90 Å². The number of ether oxygens (including phenoxy) is 3. The molecule has 2 bridgehead atoms. The zero-order valence-corrected chi connectivity index (χ0v) is 18.7. The molecule has 1 aromatic carbocycles. The zero-order valence-electron chi connectivity index (χ0n) is 18.7. The van der Waals surface area contributed by atoms with Crippen LogP contribution in [0.15, 0.2) is 18.2 Å². The Hall–Kier alpha value is -2.32. The molecular formula is C24H32N2O6. The molecule has 0 radical (unpaired) electrons. The summed E-state index contributed by atoms with van der Waals surface area (Å²) in [5.74, 6) is 1.64. The Morgan fingerprint density at radius 2 is 1.81 bits per heavy atom. The van der Waals surface area contributed by atoms with Crippen molar-refractivity contribution in [2.75, 3.05) is 33.9 Å². The summed E-state index contributed by atoms with van der Waals surface area (Å²) in [5, 5.41) is 10.1. The van der Waals surface area contributed by atoms with Crippen molar-refractivity contribution in [3.05, 3.63) is 23.8 Å². The van der Waals surface area contributed by atoms with E-state index >= 15 is 0 Å². The first-order valence-corrected chi connectivity index (χ1v) is 11.6. The third-order valence-electron chi connectivity index (χ3n) is 7.84. The highest BCUT2D eigenvalue weighted by atomic mass is 16.5. The lowest BCUT2D eigenvalue weighted by Crippen LogP contribution is -2.66. The maximum Gasteiger partial charge on any atom is 0.338 e. The lowest BCUT2D eigenvalue weighted by Gasteiger charge is -2.57. The monoisotopic (exact) mass is 444 g/mol. The van der Waals surface area contributed by atoms with Crippen molar-refractivity contribution in [1.29, 1.82) is 0 Å². The predicted molar refractivity (Wildman–Crippen MR) is 116 cm³/mol. The predicted octanol–water partition coefficient (Wildman–Crippen LogP) is 1.70. The van der Waals surface area contributed by atoms with Crippen LogP contribution >= 0.6 is 0 Å². The van der Waals surface area contributed by atoms with Crippen LogP contribution in [0, 0.1) is 11.8 Å². The van der Waals surface area contributed by atoms with Crippen molar-refractivity contribution in [3.63, 3.8) is 0 Å². The van der Waals surface area contributed by atoms with Crippen LogP contribution in [-0.4, -0.2) is 84.9 Å². The fourth-order valence-corrected chi connectivity index (χ4v) is 6.35. The number of hydrogen-bond acceptors (Lipinski definition) is 7. The summed E-state index contributed by atoms with van der Waals surface area (Å²) >= 11 is 0. The van der Waals surface area contributed by atoms with Gasteiger partial charge in [-0.15, -0.1) is 0 Å². The van der Waals surface area contributed by atoms with Gasteiger partial charge in [0.15, 0.2) is 11.5 Å². The van der Waals surface area contributed by atoms with Crippen LogP contribution in [0.1, 0.15) is 42.5 Å². The van der Waals surface area contributed by atoms with Crippen molar-refractivity contribution in [1.82, 2.24) is 9.80 Å². The maximum atomic E-state index is 12.8. The van der Waals surface area contributed by atoms with Gasteiger partial charge in [-0.25, -0.2) is 4.79 Å². The lowest BCUT2D eigenvalue weighted by atomic mass is 9.70. The van der Waals surface area contributed by atoms with Gasteiger partial charge in [-0.2, -0.15) is 0 Å². The Balaban J connectivity index is 1.25. The second-order valence-electron chi connectivity index (χ2n) is 9.65. The molecule has 4 aliphatic heterocycles. The Bertz CT molecular complexity index is 891. The minimum absolute atomic E-state index is 0.0872. The second kappa shape index (κ2) is 8.56. The highest BCUT2D eigenvalue weighted by Crippen LogP contribution is 2.43. The Morgan fingerprint density at radius 1 is 1.03 bits per heavy atom. The molecule has 0 aromatic heterocycles. The molecule has 5 rings (SSSR count). The first-order chi connectivity index (χ1) is 15.5. The first-order valence-electron chi connectivity index (χ1n) is 11.6. The van der Waals surface area contributed by atoms with E-state index in [9.17, 15) is 14.7 Å². The van der Waals surface area contributed by atoms with Gasteiger partial charge in [-0.1, -0.05) is 0 Å². The summed E-state index contributed by atoms with van der Waals surface area (Å²) < 4.78 is 16.5. The van der Waals surface area contributed by atoms with Gasteiger partial charge < -0.3 is 24.2 Å².